The van der Waals surface area contributed by atoms with Gasteiger partial charge < -0.3 is 10.2 Å². The molecule has 0 fully saturated rings. The Balaban J connectivity index is 2.10. The van der Waals surface area contributed by atoms with Gasteiger partial charge in [0, 0.05) is 18.0 Å². The third-order valence-corrected chi connectivity index (χ3v) is 3.29. The van der Waals surface area contributed by atoms with Crippen LogP contribution in [0.15, 0.2) is 65.1 Å². The summed E-state index contributed by atoms with van der Waals surface area (Å²) >= 11 is 0. The number of hydrogen-bond donors (Lipinski definition) is 2. The lowest BCUT2D eigenvalue weighted by atomic mass is 10.0. The lowest BCUT2D eigenvalue weighted by Gasteiger charge is -2.09. The van der Waals surface area contributed by atoms with E-state index >= 15 is 0 Å². The molecule has 1 aromatic carbocycles. The van der Waals surface area contributed by atoms with Crippen molar-refractivity contribution >= 4 is 11.5 Å². The van der Waals surface area contributed by atoms with E-state index in [1.807, 2.05) is 19.1 Å². The molecule has 2 N–H and O–H groups in total. The fraction of sp³-hybridized carbons (Fsp3) is 0.0588. The molecule has 0 saturated heterocycles. The summed E-state index contributed by atoms with van der Waals surface area (Å²) in [4.78, 5) is 8.19. The minimum atomic E-state index is -0.0499. The second-order valence-corrected chi connectivity index (χ2v) is 4.89. The van der Waals surface area contributed by atoms with Gasteiger partial charge in [-0.15, -0.1) is 10.2 Å². The Kier molecular flexibility index (Phi) is 3.97. The van der Waals surface area contributed by atoms with E-state index in [9.17, 15) is 10.2 Å². The Morgan fingerprint density at radius 3 is 2.30 bits per heavy atom. The van der Waals surface area contributed by atoms with Crippen molar-refractivity contribution in [1.82, 2.24) is 9.97 Å². The van der Waals surface area contributed by atoms with Gasteiger partial charge in [0.2, 0.25) is 5.82 Å². The number of rotatable bonds is 3. The molecule has 0 saturated carbocycles. The number of azo groups is 1. The third-order valence-electron chi connectivity index (χ3n) is 3.29. The zero-order valence-corrected chi connectivity index (χ0v) is 12.4. The SMILES string of the molecule is Cc1cccc(N=Nc2ncccc2O)c1-c1ncccc1O. The minimum absolute atomic E-state index is 0.0499. The molecule has 3 rings (SSSR count). The highest BCUT2D eigenvalue weighted by Gasteiger charge is 2.13. The van der Waals surface area contributed by atoms with Gasteiger partial charge in [0.25, 0.3) is 0 Å². The van der Waals surface area contributed by atoms with Crippen molar-refractivity contribution in [2.45, 2.75) is 6.92 Å². The molecule has 0 spiro atoms. The number of benzene rings is 1. The first kappa shape index (κ1) is 14.6. The van der Waals surface area contributed by atoms with Crippen LogP contribution in [0.1, 0.15) is 5.56 Å². The highest BCUT2D eigenvalue weighted by molar-refractivity contribution is 5.79. The van der Waals surface area contributed by atoms with Crippen LogP contribution >= 0.6 is 0 Å². The van der Waals surface area contributed by atoms with E-state index in [2.05, 4.69) is 20.2 Å². The molecule has 0 atom stereocenters. The predicted molar refractivity (Wildman–Crippen MR) is 86.2 cm³/mol. The largest absolute Gasteiger partial charge is 0.506 e. The number of aromatic nitrogens is 2. The molecule has 0 aliphatic heterocycles. The molecule has 0 amide bonds. The van der Waals surface area contributed by atoms with Crippen LogP contribution in [0.5, 0.6) is 11.5 Å². The fourth-order valence-corrected chi connectivity index (χ4v) is 2.20. The van der Waals surface area contributed by atoms with Crippen molar-refractivity contribution in [2.75, 3.05) is 0 Å². The maximum absolute atomic E-state index is 10.1. The van der Waals surface area contributed by atoms with Gasteiger partial charge in [-0.2, -0.15) is 0 Å². The Labute approximate surface area is 132 Å². The summed E-state index contributed by atoms with van der Waals surface area (Å²) < 4.78 is 0. The molecular formula is C17H14N4O2. The van der Waals surface area contributed by atoms with Crippen LogP contribution in [-0.2, 0) is 0 Å². The van der Waals surface area contributed by atoms with E-state index in [1.165, 1.54) is 12.3 Å². The van der Waals surface area contributed by atoms with E-state index in [-0.39, 0.29) is 17.3 Å². The number of nitrogens with zero attached hydrogens (tertiary/aromatic N) is 4. The first-order valence-corrected chi connectivity index (χ1v) is 6.96. The van der Waals surface area contributed by atoms with Gasteiger partial charge in [0.1, 0.15) is 11.4 Å². The standard InChI is InChI=1S/C17H14N4O2/c1-11-5-2-6-12(15(11)16-13(22)7-3-9-18-16)20-21-17-14(23)8-4-10-19-17/h2-10,22-23H,1H3. The van der Waals surface area contributed by atoms with Gasteiger partial charge in [0.15, 0.2) is 5.75 Å². The van der Waals surface area contributed by atoms with Gasteiger partial charge in [-0.25, -0.2) is 4.98 Å². The average molecular weight is 306 g/mol. The molecule has 0 bridgehead atoms. The topological polar surface area (TPSA) is 91.0 Å². The summed E-state index contributed by atoms with van der Waals surface area (Å²) in [7, 11) is 0. The molecule has 3 aromatic rings. The van der Waals surface area contributed by atoms with Crippen molar-refractivity contribution in [3.05, 3.63) is 60.4 Å². The Bertz CT molecular complexity index is 878. The Hall–Kier alpha value is -3.28. The third kappa shape index (κ3) is 3.01. The molecule has 23 heavy (non-hydrogen) atoms. The number of hydrogen-bond acceptors (Lipinski definition) is 6. The second kappa shape index (κ2) is 6.23. The lowest BCUT2D eigenvalue weighted by molar-refractivity contribution is 0.473. The van der Waals surface area contributed by atoms with E-state index in [1.54, 1.807) is 30.5 Å². The maximum Gasteiger partial charge on any atom is 0.216 e. The summed E-state index contributed by atoms with van der Waals surface area (Å²) in [6.07, 6.45) is 3.13. The van der Waals surface area contributed by atoms with Crippen LogP contribution in [0.4, 0.5) is 11.5 Å². The molecule has 0 unspecified atom stereocenters. The first-order valence-electron chi connectivity index (χ1n) is 6.96. The van der Waals surface area contributed by atoms with Gasteiger partial charge in [0.05, 0.1) is 5.69 Å². The minimum Gasteiger partial charge on any atom is -0.506 e. The zero-order chi connectivity index (χ0) is 16.2. The van der Waals surface area contributed by atoms with Crippen molar-refractivity contribution in [3.8, 4) is 22.8 Å². The lowest BCUT2D eigenvalue weighted by Crippen LogP contribution is -1.88. The first-order chi connectivity index (χ1) is 11.2. The molecule has 6 nitrogen and oxygen atoms in total. The van der Waals surface area contributed by atoms with E-state index in [0.717, 1.165) is 5.56 Å². The molecule has 6 heteroatoms. The summed E-state index contributed by atoms with van der Waals surface area (Å²) in [5.74, 6) is 0.148. The molecule has 2 heterocycles. The second-order valence-electron chi connectivity index (χ2n) is 4.89. The van der Waals surface area contributed by atoms with Crippen LogP contribution in [0.25, 0.3) is 11.3 Å². The normalized spacial score (nSPS) is 11.0. The Morgan fingerprint density at radius 1 is 0.826 bits per heavy atom. The van der Waals surface area contributed by atoms with Crippen molar-refractivity contribution in [2.24, 2.45) is 10.2 Å². The van der Waals surface area contributed by atoms with E-state index in [4.69, 9.17) is 0 Å². The predicted octanol–water partition coefficient (Wildman–Crippen LogP) is 4.28. The monoisotopic (exact) mass is 306 g/mol. The van der Waals surface area contributed by atoms with Crippen LogP contribution in [0.3, 0.4) is 0 Å². The van der Waals surface area contributed by atoms with Crippen LogP contribution < -0.4 is 0 Å². The number of aryl methyl sites for hydroxylation is 1. The average Bonchev–Trinajstić information content (AvgIpc) is 2.55. The quantitative estimate of drug-likeness (QED) is 0.706. The number of pyridine rings is 2. The van der Waals surface area contributed by atoms with Crippen LogP contribution in [-0.4, -0.2) is 20.2 Å². The van der Waals surface area contributed by atoms with Gasteiger partial charge in [-0.1, -0.05) is 12.1 Å². The van der Waals surface area contributed by atoms with Gasteiger partial charge in [-0.3, -0.25) is 4.98 Å². The highest BCUT2D eigenvalue weighted by atomic mass is 16.3. The van der Waals surface area contributed by atoms with Crippen molar-refractivity contribution in [1.29, 1.82) is 0 Å². The van der Waals surface area contributed by atoms with Gasteiger partial charge in [-0.05, 0) is 42.8 Å². The molecular weight excluding hydrogens is 292 g/mol. The van der Waals surface area contributed by atoms with E-state index in [0.29, 0.717) is 16.9 Å². The van der Waals surface area contributed by atoms with E-state index < -0.39 is 0 Å². The smallest absolute Gasteiger partial charge is 0.216 e. The highest BCUT2D eigenvalue weighted by Crippen LogP contribution is 2.37. The van der Waals surface area contributed by atoms with Crippen molar-refractivity contribution in [3.63, 3.8) is 0 Å². The number of aromatic hydroxyl groups is 2. The fourth-order valence-electron chi connectivity index (χ4n) is 2.20. The van der Waals surface area contributed by atoms with Crippen LogP contribution in [0, 0.1) is 6.92 Å². The Morgan fingerprint density at radius 2 is 1.57 bits per heavy atom. The van der Waals surface area contributed by atoms with Crippen LogP contribution in [0.2, 0.25) is 0 Å². The molecule has 0 aliphatic rings. The van der Waals surface area contributed by atoms with Crippen molar-refractivity contribution < 1.29 is 10.2 Å². The summed E-state index contributed by atoms with van der Waals surface area (Å²) in [6.45, 7) is 1.90. The molecule has 2 aromatic heterocycles. The summed E-state index contributed by atoms with van der Waals surface area (Å²) in [5, 5.41) is 27.9. The molecule has 0 aliphatic carbocycles. The molecule has 114 valence electrons. The maximum atomic E-state index is 10.1. The summed E-state index contributed by atoms with van der Waals surface area (Å²) in [6, 6.07) is 11.8. The van der Waals surface area contributed by atoms with Gasteiger partial charge >= 0.3 is 0 Å². The zero-order valence-electron chi connectivity index (χ0n) is 12.4. The summed E-state index contributed by atoms with van der Waals surface area (Å²) in [5.41, 5.74) is 2.55. The molecule has 0 radical (unpaired) electrons.